The Morgan fingerprint density at radius 1 is 0.968 bits per heavy atom. The van der Waals surface area contributed by atoms with Crippen molar-refractivity contribution in [3.05, 3.63) is 76.6 Å². The van der Waals surface area contributed by atoms with Crippen molar-refractivity contribution in [2.45, 2.75) is 38.8 Å². The maximum Gasteiger partial charge on any atom is 0.204 e. The molecule has 0 radical (unpaired) electrons. The Morgan fingerprint density at radius 2 is 1.71 bits per heavy atom. The van der Waals surface area contributed by atoms with E-state index in [2.05, 4.69) is 40.2 Å². The summed E-state index contributed by atoms with van der Waals surface area (Å²) in [5.41, 5.74) is 2.79. The Labute approximate surface area is 181 Å². The maximum absolute atomic E-state index is 12.8. The number of aromatic amines is 1. The molecule has 0 atom stereocenters. The van der Waals surface area contributed by atoms with Gasteiger partial charge in [0.25, 0.3) is 0 Å². The van der Waals surface area contributed by atoms with Gasteiger partial charge in [0.15, 0.2) is 0 Å². The molecule has 0 spiro atoms. The van der Waals surface area contributed by atoms with Crippen molar-refractivity contribution in [3.8, 4) is 5.88 Å². The predicted octanol–water partition coefficient (Wildman–Crippen LogP) is 4.88. The minimum absolute atomic E-state index is 0.0830. The molecule has 0 bridgehead atoms. The van der Waals surface area contributed by atoms with Gasteiger partial charge in [-0.1, -0.05) is 42.5 Å². The number of para-hydroxylation sites is 1. The third kappa shape index (κ3) is 4.10. The number of rotatable bonds is 6. The number of aromatic hydroxyl groups is 1. The summed E-state index contributed by atoms with van der Waals surface area (Å²) in [4.78, 5) is 18.6. The minimum atomic E-state index is -0.105. The number of benzene rings is 2. The van der Waals surface area contributed by atoms with Crippen LogP contribution in [0, 0.1) is 5.92 Å². The van der Waals surface area contributed by atoms with E-state index in [4.69, 9.17) is 0 Å². The van der Waals surface area contributed by atoms with E-state index >= 15 is 0 Å². The monoisotopic (exact) mass is 415 g/mol. The van der Waals surface area contributed by atoms with Crippen molar-refractivity contribution >= 4 is 21.8 Å². The second kappa shape index (κ2) is 8.60. The molecule has 1 aliphatic rings. The van der Waals surface area contributed by atoms with Crippen LogP contribution in [0.5, 0.6) is 5.88 Å². The fourth-order valence-corrected chi connectivity index (χ4v) is 4.93. The van der Waals surface area contributed by atoms with Crippen LogP contribution in [-0.2, 0) is 13.1 Å². The fourth-order valence-electron chi connectivity index (χ4n) is 4.93. The molecule has 1 aliphatic heterocycles. The summed E-state index contributed by atoms with van der Waals surface area (Å²) in [6, 6.07) is 18.1. The van der Waals surface area contributed by atoms with E-state index < -0.39 is 0 Å². The molecule has 5 rings (SSSR count). The Bertz CT molecular complexity index is 1230. The van der Waals surface area contributed by atoms with Crippen LogP contribution < -0.4 is 5.43 Å². The Balaban J connectivity index is 1.18. The van der Waals surface area contributed by atoms with Gasteiger partial charge in [0.1, 0.15) is 5.39 Å². The van der Waals surface area contributed by atoms with Gasteiger partial charge in [-0.25, -0.2) is 0 Å². The molecule has 4 aromatic rings. The number of fused-ring (bicyclic) bond motifs is 2. The van der Waals surface area contributed by atoms with E-state index in [1.54, 1.807) is 6.07 Å². The van der Waals surface area contributed by atoms with Crippen LogP contribution in [0.3, 0.4) is 0 Å². The zero-order valence-corrected chi connectivity index (χ0v) is 17.8. The molecule has 2 aromatic carbocycles. The first-order valence-electron chi connectivity index (χ1n) is 11.3. The lowest BCUT2D eigenvalue weighted by atomic mass is 9.92. The number of nitrogens with zero attached hydrogens (tertiary/aromatic N) is 2. The number of aryl methyl sites for hydroxylation is 1. The SMILES string of the molecule is O=c1c2ccccc2[nH]c2cn(CCCC3CCN(Cc4ccccc4)CC3)c(O)c12. The Morgan fingerprint density at radius 3 is 2.52 bits per heavy atom. The normalized spacial score (nSPS) is 15.7. The highest BCUT2D eigenvalue weighted by Crippen LogP contribution is 2.27. The summed E-state index contributed by atoms with van der Waals surface area (Å²) in [5, 5.41) is 11.7. The van der Waals surface area contributed by atoms with Crippen LogP contribution in [0.1, 0.15) is 31.2 Å². The number of piperidine rings is 1. The lowest BCUT2D eigenvalue weighted by molar-refractivity contribution is 0.170. The van der Waals surface area contributed by atoms with E-state index in [9.17, 15) is 9.90 Å². The first-order chi connectivity index (χ1) is 15.2. The molecule has 0 saturated carbocycles. The largest absolute Gasteiger partial charge is 0.494 e. The van der Waals surface area contributed by atoms with Crippen molar-refractivity contribution in [1.82, 2.24) is 14.5 Å². The average Bonchev–Trinajstić information content (AvgIpc) is 3.11. The summed E-state index contributed by atoms with van der Waals surface area (Å²) in [5.74, 6) is 0.822. The summed E-state index contributed by atoms with van der Waals surface area (Å²) in [6.45, 7) is 4.08. The van der Waals surface area contributed by atoms with E-state index in [1.807, 2.05) is 29.0 Å². The van der Waals surface area contributed by atoms with Crippen LogP contribution in [0.4, 0.5) is 0 Å². The van der Waals surface area contributed by atoms with E-state index in [1.165, 1.54) is 18.4 Å². The molecule has 160 valence electrons. The Kier molecular flexibility index (Phi) is 5.51. The van der Waals surface area contributed by atoms with Gasteiger partial charge in [0.2, 0.25) is 11.3 Å². The topological polar surface area (TPSA) is 61.3 Å². The number of H-pyrrole nitrogens is 1. The van der Waals surface area contributed by atoms with Gasteiger partial charge >= 0.3 is 0 Å². The molecular weight excluding hydrogens is 386 g/mol. The van der Waals surface area contributed by atoms with Crippen LogP contribution in [0.15, 0.2) is 65.6 Å². The molecular formula is C26H29N3O2. The smallest absolute Gasteiger partial charge is 0.204 e. The first kappa shape index (κ1) is 19.9. The highest BCUT2D eigenvalue weighted by atomic mass is 16.3. The van der Waals surface area contributed by atoms with Gasteiger partial charge in [0, 0.05) is 30.2 Å². The van der Waals surface area contributed by atoms with Crippen molar-refractivity contribution < 1.29 is 5.11 Å². The van der Waals surface area contributed by atoms with E-state index in [0.29, 0.717) is 16.3 Å². The molecule has 2 aromatic heterocycles. The highest BCUT2D eigenvalue weighted by molar-refractivity contribution is 5.95. The molecule has 2 N–H and O–H groups in total. The van der Waals surface area contributed by atoms with Crippen molar-refractivity contribution in [2.75, 3.05) is 13.1 Å². The van der Waals surface area contributed by atoms with Crippen molar-refractivity contribution in [2.24, 2.45) is 5.92 Å². The molecule has 0 amide bonds. The molecule has 31 heavy (non-hydrogen) atoms. The first-order valence-corrected chi connectivity index (χ1v) is 11.3. The summed E-state index contributed by atoms with van der Waals surface area (Å²) in [6.07, 6.45) is 6.50. The quantitative estimate of drug-likeness (QED) is 0.472. The third-order valence-electron chi connectivity index (χ3n) is 6.69. The molecule has 5 heteroatoms. The molecule has 3 heterocycles. The van der Waals surface area contributed by atoms with Crippen molar-refractivity contribution in [1.29, 1.82) is 0 Å². The molecule has 0 unspecified atom stereocenters. The zero-order valence-electron chi connectivity index (χ0n) is 17.8. The number of hydrogen-bond donors (Lipinski definition) is 2. The third-order valence-corrected chi connectivity index (χ3v) is 6.69. The van der Waals surface area contributed by atoms with Gasteiger partial charge in [-0.15, -0.1) is 0 Å². The number of aromatic nitrogens is 2. The number of pyridine rings is 1. The van der Waals surface area contributed by atoms with Crippen LogP contribution >= 0.6 is 0 Å². The van der Waals surface area contributed by atoms with Gasteiger partial charge in [-0.05, 0) is 62.4 Å². The Hall–Kier alpha value is -3.05. The number of hydrogen-bond acceptors (Lipinski definition) is 3. The van der Waals surface area contributed by atoms with Gasteiger partial charge in [0.05, 0.1) is 5.52 Å². The van der Waals surface area contributed by atoms with Crippen LogP contribution in [0.2, 0.25) is 0 Å². The highest BCUT2D eigenvalue weighted by Gasteiger charge is 2.20. The zero-order chi connectivity index (χ0) is 21.2. The molecule has 1 fully saturated rings. The second-order valence-corrected chi connectivity index (χ2v) is 8.78. The average molecular weight is 416 g/mol. The maximum atomic E-state index is 12.8. The van der Waals surface area contributed by atoms with Gasteiger partial charge < -0.3 is 14.7 Å². The predicted molar refractivity (Wildman–Crippen MR) is 125 cm³/mol. The fraction of sp³-hybridized carbons (Fsp3) is 0.346. The summed E-state index contributed by atoms with van der Waals surface area (Å²) < 4.78 is 1.83. The van der Waals surface area contributed by atoms with Crippen molar-refractivity contribution in [3.63, 3.8) is 0 Å². The lowest BCUT2D eigenvalue weighted by Gasteiger charge is -2.32. The molecule has 1 saturated heterocycles. The lowest BCUT2D eigenvalue weighted by Crippen LogP contribution is -2.33. The van der Waals surface area contributed by atoms with Crippen LogP contribution in [-0.4, -0.2) is 32.6 Å². The van der Waals surface area contributed by atoms with E-state index in [0.717, 1.165) is 50.5 Å². The van der Waals surface area contributed by atoms with Crippen LogP contribution in [0.25, 0.3) is 21.8 Å². The van der Waals surface area contributed by atoms with Gasteiger partial charge in [-0.3, -0.25) is 9.69 Å². The standard InChI is InChI=1S/C26H29N3O2/c30-25-21-10-4-5-11-22(21)27-23-18-29(26(31)24(23)25)14-6-9-19-12-15-28(16-13-19)17-20-7-2-1-3-8-20/h1-5,7-8,10-11,18-19,27,31H,6,9,12-17H2. The second-order valence-electron chi connectivity index (χ2n) is 8.78. The number of likely N-dealkylation sites (tertiary alicyclic amines) is 1. The van der Waals surface area contributed by atoms with E-state index in [-0.39, 0.29) is 11.3 Å². The number of nitrogens with one attached hydrogen (secondary N) is 1. The summed E-state index contributed by atoms with van der Waals surface area (Å²) in [7, 11) is 0. The van der Waals surface area contributed by atoms with Gasteiger partial charge in [-0.2, -0.15) is 0 Å². The minimum Gasteiger partial charge on any atom is -0.494 e. The summed E-state index contributed by atoms with van der Waals surface area (Å²) >= 11 is 0. The molecule has 5 nitrogen and oxygen atoms in total. The molecule has 0 aliphatic carbocycles.